The minimum absolute atomic E-state index is 0.0812. The summed E-state index contributed by atoms with van der Waals surface area (Å²) in [5.74, 6) is -1.02. The summed E-state index contributed by atoms with van der Waals surface area (Å²) in [4.78, 5) is 38.8. The van der Waals surface area contributed by atoms with Gasteiger partial charge in [0.2, 0.25) is 5.91 Å². The van der Waals surface area contributed by atoms with Gasteiger partial charge in [-0.2, -0.15) is 4.31 Å². The van der Waals surface area contributed by atoms with E-state index in [1.807, 2.05) is 0 Å². The summed E-state index contributed by atoms with van der Waals surface area (Å²) in [7, 11) is -2.47. The van der Waals surface area contributed by atoms with E-state index in [1.54, 1.807) is 17.5 Å². The average molecular weight is 526 g/mol. The summed E-state index contributed by atoms with van der Waals surface area (Å²) in [5.41, 5.74) is 1.15. The van der Waals surface area contributed by atoms with Gasteiger partial charge in [-0.15, -0.1) is 22.7 Å². The molecule has 2 unspecified atom stereocenters. The lowest BCUT2D eigenvalue weighted by molar-refractivity contribution is -0.120. The van der Waals surface area contributed by atoms with Gasteiger partial charge in [0.15, 0.2) is 0 Å². The number of sulfonamides is 1. The maximum atomic E-state index is 13.2. The van der Waals surface area contributed by atoms with Crippen LogP contribution in [-0.2, 0) is 32.4 Å². The zero-order chi connectivity index (χ0) is 24.5. The minimum Gasteiger partial charge on any atom is -0.453 e. The number of piperidine rings is 1. The molecular formula is C22H27N3O6S3. The highest BCUT2D eigenvalue weighted by molar-refractivity contribution is 7.91. The molecule has 1 aliphatic heterocycles. The van der Waals surface area contributed by atoms with Gasteiger partial charge in [-0.05, 0) is 55.0 Å². The smallest absolute Gasteiger partial charge is 0.413 e. The zero-order valence-corrected chi connectivity index (χ0v) is 21.4. The first kappa shape index (κ1) is 24.8. The molecule has 1 saturated heterocycles. The Morgan fingerprint density at radius 1 is 1.24 bits per heavy atom. The number of fused-ring (bicyclic) bond motifs is 1. The van der Waals surface area contributed by atoms with Gasteiger partial charge < -0.3 is 10.1 Å². The van der Waals surface area contributed by atoms with E-state index in [1.165, 1.54) is 22.8 Å². The lowest BCUT2D eigenvalue weighted by Crippen LogP contribution is -2.43. The molecule has 2 aromatic heterocycles. The highest BCUT2D eigenvalue weighted by Crippen LogP contribution is 2.40. The molecule has 2 N–H and O–H groups in total. The van der Waals surface area contributed by atoms with E-state index >= 15 is 0 Å². The molecule has 4 rings (SSSR count). The number of alkyl carbamates (subject to hydrolysis) is 1. The topological polar surface area (TPSA) is 122 Å². The lowest BCUT2D eigenvalue weighted by Gasteiger charge is -2.30. The van der Waals surface area contributed by atoms with Crippen LogP contribution in [0.2, 0.25) is 0 Å². The lowest BCUT2D eigenvalue weighted by atomic mass is 9.88. The fourth-order valence-corrected chi connectivity index (χ4v) is 8.49. The molecule has 3 heterocycles. The van der Waals surface area contributed by atoms with Crippen LogP contribution in [0.4, 0.5) is 9.80 Å². The van der Waals surface area contributed by atoms with Gasteiger partial charge in [-0.3, -0.25) is 14.9 Å². The third-order valence-corrected chi connectivity index (χ3v) is 10.6. The van der Waals surface area contributed by atoms with E-state index in [4.69, 9.17) is 0 Å². The fourth-order valence-electron chi connectivity index (χ4n) is 4.41. The number of nitrogens with one attached hydrogen (secondary N) is 2. The Labute approximate surface area is 206 Å². The van der Waals surface area contributed by atoms with Crippen molar-refractivity contribution in [2.45, 2.75) is 43.2 Å². The molecule has 2 atom stereocenters. The molecule has 9 nitrogen and oxygen atoms in total. The first-order valence-electron chi connectivity index (χ1n) is 11.1. The number of ether oxygens (including phenoxy) is 1. The molecule has 2 aliphatic rings. The number of rotatable bonds is 5. The molecule has 184 valence electrons. The summed E-state index contributed by atoms with van der Waals surface area (Å²) < 4.78 is 32.0. The Morgan fingerprint density at radius 2 is 2.03 bits per heavy atom. The monoisotopic (exact) mass is 525 g/mol. The third-order valence-electron chi connectivity index (χ3n) is 6.22. The number of nitrogens with zero attached hydrogens (tertiary/aromatic N) is 1. The van der Waals surface area contributed by atoms with Gasteiger partial charge in [0.1, 0.15) is 9.21 Å². The van der Waals surface area contributed by atoms with Gasteiger partial charge in [0, 0.05) is 18.0 Å². The second-order valence-corrected chi connectivity index (χ2v) is 12.8. The summed E-state index contributed by atoms with van der Waals surface area (Å²) in [6.45, 7) is 2.58. The molecule has 0 bridgehead atoms. The van der Waals surface area contributed by atoms with Crippen LogP contribution in [0, 0.1) is 11.8 Å². The highest BCUT2D eigenvalue weighted by atomic mass is 32.2. The van der Waals surface area contributed by atoms with Crippen LogP contribution in [0.15, 0.2) is 21.7 Å². The van der Waals surface area contributed by atoms with E-state index < -0.39 is 27.9 Å². The van der Waals surface area contributed by atoms with E-state index in [2.05, 4.69) is 22.3 Å². The van der Waals surface area contributed by atoms with Gasteiger partial charge in [-0.1, -0.05) is 13.0 Å². The van der Waals surface area contributed by atoms with Crippen LogP contribution in [0.5, 0.6) is 0 Å². The first-order valence-corrected chi connectivity index (χ1v) is 14.2. The van der Waals surface area contributed by atoms with E-state index in [9.17, 15) is 22.8 Å². The largest absolute Gasteiger partial charge is 0.453 e. The van der Waals surface area contributed by atoms with Crippen molar-refractivity contribution in [2.75, 3.05) is 25.5 Å². The van der Waals surface area contributed by atoms with Gasteiger partial charge in [0.05, 0.1) is 18.6 Å². The van der Waals surface area contributed by atoms with Crippen LogP contribution in [0.3, 0.4) is 0 Å². The number of thiophene rings is 2. The van der Waals surface area contributed by atoms with Crippen molar-refractivity contribution < 1.29 is 27.5 Å². The van der Waals surface area contributed by atoms with Gasteiger partial charge in [-0.25, -0.2) is 13.2 Å². The Morgan fingerprint density at radius 3 is 2.74 bits per heavy atom. The molecule has 0 spiro atoms. The van der Waals surface area contributed by atoms with Gasteiger partial charge in [0.25, 0.3) is 15.9 Å². The van der Waals surface area contributed by atoms with Crippen LogP contribution in [-0.4, -0.2) is 50.8 Å². The second kappa shape index (κ2) is 10.1. The Bertz CT molecular complexity index is 1190. The maximum Gasteiger partial charge on any atom is 0.413 e. The maximum absolute atomic E-state index is 13.2. The predicted molar refractivity (Wildman–Crippen MR) is 130 cm³/mol. The number of hydrogen-bond acceptors (Lipinski definition) is 8. The number of amides is 3. The molecule has 3 amide bonds. The Hall–Kier alpha value is -2.28. The second-order valence-electron chi connectivity index (χ2n) is 8.63. The first-order chi connectivity index (χ1) is 16.2. The molecule has 12 heteroatoms. The number of methoxy groups -OCH3 is 1. The normalized spacial score (nSPS) is 20.9. The number of anilines is 1. The average Bonchev–Trinajstić information content (AvgIpc) is 3.47. The van der Waals surface area contributed by atoms with E-state index in [-0.39, 0.29) is 16.7 Å². The predicted octanol–water partition coefficient (Wildman–Crippen LogP) is 3.47. The quantitative estimate of drug-likeness (QED) is 0.617. The molecule has 0 saturated carbocycles. The number of carbonyl (C=O) groups excluding carboxylic acids is 3. The fraction of sp³-hybridized carbons (Fsp3) is 0.500. The van der Waals surface area contributed by atoms with Crippen molar-refractivity contribution >= 4 is 55.6 Å². The van der Waals surface area contributed by atoms with Crippen molar-refractivity contribution in [1.29, 1.82) is 0 Å². The van der Waals surface area contributed by atoms with E-state index in [0.717, 1.165) is 34.6 Å². The minimum atomic E-state index is -3.65. The molecule has 1 aliphatic carbocycles. The van der Waals surface area contributed by atoms with Crippen molar-refractivity contribution in [3.05, 3.63) is 33.5 Å². The zero-order valence-electron chi connectivity index (χ0n) is 19.0. The standard InChI is InChI=1S/C22H27N3O6S3/c1-13-7-8-15-16(11-13)33-21(18(15)20(27)24-22(28)31-2)23-19(26)14-5-3-9-25(12-14)34(29,30)17-6-4-10-32-17/h4,6,10,13-14H,3,5,7-9,11-12H2,1-2H3,(H,23,26)(H,24,27,28). The summed E-state index contributed by atoms with van der Waals surface area (Å²) >= 11 is 2.50. The van der Waals surface area contributed by atoms with Crippen LogP contribution >= 0.6 is 22.7 Å². The summed E-state index contributed by atoms with van der Waals surface area (Å²) in [6, 6.07) is 3.25. The molecule has 1 fully saturated rings. The van der Waals surface area contributed by atoms with Crippen LogP contribution in [0.1, 0.15) is 47.0 Å². The number of imide groups is 1. The molecule has 2 aromatic rings. The molecule has 34 heavy (non-hydrogen) atoms. The van der Waals surface area contributed by atoms with E-state index in [0.29, 0.717) is 42.3 Å². The Balaban J connectivity index is 1.55. The number of hydrogen-bond donors (Lipinski definition) is 2. The summed E-state index contributed by atoms with van der Waals surface area (Å²) in [5, 5.41) is 7.18. The van der Waals surface area contributed by atoms with Crippen molar-refractivity contribution in [3.8, 4) is 0 Å². The molecule has 0 aromatic carbocycles. The highest BCUT2D eigenvalue weighted by Gasteiger charge is 2.35. The van der Waals surface area contributed by atoms with Crippen LogP contribution < -0.4 is 10.6 Å². The van der Waals surface area contributed by atoms with Crippen LogP contribution in [0.25, 0.3) is 0 Å². The SMILES string of the molecule is COC(=O)NC(=O)c1c(NC(=O)C2CCCN(S(=O)(=O)c3cccs3)C2)sc2c1CCC(C)C2. The van der Waals surface area contributed by atoms with Crippen molar-refractivity contribution in [3.63, 3.8) is 0 Å². The Kier molecular flexibility index (Phi) is 7.41. The van der Waals surface area contributed by atoms with Crippen molar-refractivity contribution in [1.82, 2.24) is 9.62 Å². The third kappa shape index (κ3) is 5.04. The van der Waals surface area contributed by atoms with Gasteiger partial charge >= 0.3 is 6.09 Å². The number of carbonyl (C=O) groups is 3. The molecular weight excluding hydrogens is 498 g/mol. The molecule has 0 radical (unpaired) electrons. The summed E-state index contributed by atoms with van der Waals surface area (Å²) in [6.07, 6.45) is 2.64. The van der Waals surface area contributed by atoms with Crippen molar-refractivity contribution in [2.24, 2.45) is 11.8 Å².